The number of allylic oxidation sites excluding steroid dienone is 9. The second-order valence-corrected chi connectivity index (χ2v) is 18.2. The predicted octanol–water partition coefficient (Wildman–Crippen LogP) is 11.7. The summed E-state index contributed by atoms with van der Waals surface area (Å²) in [5.74, 6) is -0.413. The third-order valence-corrected chi connectivity index (χ3v) is 10.8. The van der Waals surface area contributed by atoms with Crippen LogP contribution in [0.3, 0.4) is 0 Å². The van der Waals surface area contributed by atoms with E-state index in [-0.39, 0.29) is 26.2 Å². The molecule has 0 heterocycles. The van der Waals surface area contributed by atoms with Gasteiger partial charge in [0.05, 0.1) is 46.6 Å². The molecule has 4 atom stereocenters. The van der Waals surface area contributed by atoms with Crippen molar-refractivity contribution >= 4 is 13.8 Å². The minimum absolute atomic E-state index is 0.0628. The number of unbranched alkanes of at least 4 members (excludes halogenated alkanes) is 15. The molecular weight excluding hydrogens is 765 g/mol. The van der Waals surface area contributed by atoms with Crippen LogP contribution in [0.4, 0.5) is 0 Å². The lowest BCUT2D eigenvalue weighted by atomic mass is 10.0. The third-order valence-electron chi connectivity index (χ3n) is 9.86. The van der Waals surface area contributed by atoms with Crippen molar-refractivity contribution in [1.82, 2.24) is 0 Å². The Morgan fingerprint density at radius 3 is 1.53 bits per heavy atom. The summed E-state index contributed by atoms with van der Waals surface area (Å²) in [6.07, 6.45) is 44.1. The maximum absolute atomic E-state index is 12.7. The highest BCUT2D eigenvalue weighted by Gasteiger charge is 2.26. The van der Waals surface area contributed by atoms with Gasteiger partial charge in [0.15, 0.2) is 0 Å². The highest BCUT2D eigenvalue weighted by atomic mass is 31.2. The van der Waals surface area contributed by atoms with Gasteiger partial charge < -0.3 is 29.1 Å². The van der Waals surface area contributed by atoms with Gasteiger partial charge in [0.2, 0.25) is 0 Å². The SMILES string of the molecule is CCCCCCCCCCCCCCCCCCOCC(COP(=O)(O)OCC[N+](C)(C)C)OC(=O)CC/C=C/C/C=C/C/C=C/C/C=C/C/C=C/CC(O)C(O)CC. The normalized spacial score (nSPS) is 15.3. The molecule has 344 valence electrons. The molecule has 11 heteroatoms. The zero-order valence-electron chi connectivity index (χ0n) is 38.2. The number of carbonyl (C=O) groups is 1. The highest BCUT2D eigenvalue weighted by Crippen LogP contribution is 2.43. The number of quaternary nitrogens is 1. The standard InChI is InChI=1S/C48H88NO9P/c1-6-8-9-10-11-12-13-14-15-19-22-25-28-31-34-37-41-55-43-45(44-57-59(53,54)56-42-40-49(3,4)5)58-48(52)39-36-33-30-27-24-21-18-16-17-20-23-26-29-32-35-38-47(51)46(50)7-2/h16-17,21,23-24,26,30,32-33,35,45-47,50-51H,6-15,18-20,22,25,27-29,31,34,36-44H2,1-5H3/p+1/b17-16+,24-21+,26-23+,33-30+,35-32+. The minimum atomic E-state index is -4.31. The van der Waals surface area contributed by atoms with E-state index in [2.05, 4.69) is 43.4 Å². The average Bonchev–Trinajstić information content (AvgIpc) is 3.19. The number of aliphatic hydroxyl groups is 2. The Hall–Kier alpha value is -1.88. The minimum Gasteiger partial charge on any atom is -0.457 e. The van der Waals surface area contributed by atoms with Crippen molar-refractivity contribution in [3.63, 3.8) is 0 Å². The summed E-state index contributed by atoms with van der Waals surface area (Å²) in [5, 5.41) is 19.3. The molecule has 0 fully saturated rings. The van der Waals surface area contributed by atoms with Crippen molar-refractivity contribution in [1.29, 1.82) is 0 Å². The molecule has 10 nitrogen and oxygen atoms in total. The summed E-state index contributed by atoms with van der Waals surface area (Å²) in [5.41, 5.74) is 0. The summed E-state index contributed by atoms with van der Waals surface area (Å²) in [6, 6.07) is 0. The first-order valence-electron chi connectivity index (χ1n) is 23.2. The summed E-state index contributed by atoms with van der Waals surface area (Å²) in [4.78, 5) is 22.9. The maximum Gasteiger partial charge on any atom is 0.472 e. The molecule has 59 heavy (non-hydrogen) atoms. The Bertz CT molecular complexity index is 1160. The maximum atomic E-state index is 12.7. The van der Waals surface area contributed by atoms with E-state index < -0.39 is 32.1 Å². The van der Waals surface area contributed by atoms with Crippen molar-refractivity contribution in [2.24, 2.45) is 0 Å². The van der Waals surface area contributed by atoms with Crippen LogP contribution in [-0.2, 0) is 27.9 Å². The molecule has 0 aromatic heterocycles. The van der Waals surface area contributed by atoms with Crippen LogP contribution in [0.2, 0.25) is 0 Å². The number of likely N-dealkylation sites (N-methyl/N-ethyl adjacent to an activating group) is 1. The van der Waals surface area contributed by atoms with E-state index in [1.807, 2.05) is 52.4 Å². The van der Waals surface area contributed by atoms with Crippen LogP contribution in [0.5, 0.6) is 0 Å². The van der Waals surface area contributed by atoms with E-state index in [1.165, 1.54) is 89.9 Å². The fourth-order valence-electron chi connectivity index (χ4n) is 6.04. The molecule has 0 radical (unpaired) electrons. The Balaban J connectivity index is 4.37. The topological polar surface area (TPSA) is 132 Å². The van der Waals surface area contributed by atoms with Gasteiger partial charge in [0, 0.05) is 13.0 Å². The second-order valence-electron chi connectivity index (χ2n) is 16.7. The highest BCUT2D eigenvalue weighted by molar-refractivity contribution is 7.47. The van der Waals surface area contributed by atoms with Gasteiger partial charge in [0.1, 0.15) is 19.3 Å². The lowest BCUT2D eigenvalue weighted by molar-refractivity contribution is -0.870. The number of phosphoric ester groups is 1. The van der Waals surface area contributed by atoms with E-state index in [9.17, 15) is 24.5 Å². The molecule has 4 unspecified atom stereocenters. The van der Waals surface area contributed by atoms with Crippen molar-refractivity contribution in [2.45, 2.75) is 186 Å². The summed E-state index contributed by atoms with van der Waals surface area (Å²) >= 11 is 0. The molecule has 0 aliphatic carbocycles. The van der Waals surface area contributed by atoms with Gasteiger partial charge in [-0.3, -0.25) is 13.8 Å². The van der Waals surface area contributed by atoms with Crippen LogP contribution in [0.1, 0.15) is 168 Å². The van der Waals surface area contributed by atoms with E-state index in [0.717, 1.165) is 38.5 Å². The number of rotatable bonds is 42. The Morgan fingerprint density at radius 1 is 0.593 bits per heavy atom. The van der Waals surface area contributed by atoms with Gasteiger partial charge in [0.25, 0.3) is 0 Å². The first-order valence-corrected chi connectivity index (χ1v) is 24.7. The molecule has 0 saturated heterocycles. The largest absolute Gasteiger partial charge is 0.472 e. The van der Waals surface area contributed by atoms with Crippen LogP contribution in [0.15, 0.2) is 60.8 Å². The van der Waals surface area contributed by atoms with E-state index in [1.54, 1.807) is 0 Å². The van der Waals surface area contributed by atoms with Gasteiger partial charge in [-0.05, 0) is 51.4 Å². The molecule has 3 N–H and O–H groups in total. The van der Waals surface area contributed by atoms with Gasteiger partial charge in [-0.2, -0.15) is 0 Å². The van der Waals surface area contributed by atoms with E-state index in [4.69, 9.17) is 18.5 Å². The molecule has 0 aromatic carbocycles. The Morgan fingerprint density at radius 2 is 1.05 bits per heavy atom. The monoisotopic (exact) mass is 855 g/mol. The van der Waals surface area contributed by atoms with Crippen LogP contribution in [0, 0.1) is 0 Å². The fraction of sp³-hybridized carbons (Fsp3) is 0.771. The molecule has 0 aliphatic rings. The molecule has 0 amide bonds. The van der Waals surface area contributed by atoms with Gasteiger partial charge in [-0.1, -0.05) is 171 Å². The lowest BCUT2D eigenvalue weighted by Gasteiger charge is -2.24. The average molecular weight is 855 g/mol. The fourth-order valence-corrected chi connectivity index (χ4v) is 6.78. The number of ether oxygens (including phenoxy) is 2. The molecular formula is C48H89NO9P+. The molecule has 0 bridgehead atoms. The number of hydrogen-bond acceptors (Lipinski definition) is 8. The summed E-state index contributed by atoms with van der Waals surface area (Å²) in [7, 11) is 1.58. The number of phosphoric acid groups is 1. The molecule has 0 aliphatic heterocycles. The number of esters is 1. The van der Waals surface area contributed by atoms with Crippen molar-refractivity contribution < 1.29 is 47.5 Å². The van der Waals surface area contributed by atoms with E-state index >= 15 is 0 Å². The zero-order valence-corrected chi connectivity index (χ0v) is 39.1. The Labute approximate surface area is 361 Å². The first-order chi connectivity index (χ1) is 28.4. The lowest BCUT2D eigenvalue weighted by Crippen LogP contribution is -2.37. The zero-order chi connectivity index (χ0) is 43.7. The van der Waals surface area contributed by atoms with Crippen molar-refractivity contribution in [3.8, 4) is 0 Å². The van der Waals surface area contributed by atoms with Gasteiger partial charge >= 0.3 is 13.8 Å². The number of hydrogen-bond donors (Lipinski definition) is 3. The van der Waals surface area contributed by atoms with Crippen LogP contribution >= 0.6 is 7.82 Å². The van der Waals surface area contributed by atoms with Crippen LogP contribution < -0.4 is 0 Å². The molecule has 0 spiro atoms. The third kappa shape index (κ3) is 42.6. The quantitative estimate of drug-likeness (QED) is 0.0180. The van der Waals surface area contributed by atoms with Gasteiger partial charge in [-0.15, -0.1) is 0 Å². The van der Waals surface area contributed by atoms with Crippen molar-refractivity contribution in [2.75, 3.05) is 54.1 Å². The molecule has 0 rings (SSSR count). The van der Waals surface area contributed by atoms with Crippen LogP contribution in [-0.4, -0.2) is 98.0 Å². The number of carbonyl (C=O) groups excluding carboxylic acids is 1. The molecule has 0 aromatic rings. The predicted molar refractivity (Wildman–Crippen MR) is 245 cm³/mol. The second kappa shape index (κ2) is 40.2. The van der Waals surface area contributed by atoms with Gasteiger partial charge in [-0.25, -0.2) is 4.57 Å². The smallest absolute Gasteiger partial charge is 0.457 e. The van der Waals surface area contributed by atoms with Crippen LogP contribution in [0.25, 0.3) is 0 Å². The Kier molecular flexibility index (Phi) is 38.9. The first kappa shape index (κ1) is 57.1. The summed E-state index contributed by atoms with van der Waals surface area (Å²) < 4.78 is 34.9. The number of nitrogens with zero attached hydrogens (tertiary/aromatic N) is 1. The van der Waals surface area contributed by atoms with Crippen molar-refractivity contribution in [3.05, 3.63) is 60.8 Å². The molecule has 0 saturated carbocycles. The number of aliphatic hydroxyl groups excluding tert-OH is 2. The van der Waals surface area contributed by atoms with E-state index in [0.29, 0.717) is 36.9 Å². The summed E-state index contributed by atoms with van der Waals surface area (Å²) in [6.45, 7) is 5.05.